The minimum atomic E-state index is 0. The minimum absolute atomic E-state index is 0. The van der Waals surface area contributed by atoms with Gasteiger partial charge in [-0.1, -0.05) is 6.92 Å². The number of piperazine rings is 1. The van der Waals surface area contributed by atoms with Crippen molar-refractivity contribution in [3.8, 4) is 5.75 Å². The number of methoxy groups -OCH3 is 1. The van der Waals surface area contributed by atoms with Crippen LogP contribution in [0.15, 0.2) is 24.3 Å². The van der Waals surface area contributed by atoms with Crippen molar-refractivity contribution in [1.29, 1.82) is 0 Å². The number of hydrogen-bond donors (Lipinski definition) is 1. The predicted molar refractivity (Wildman–Crippen MR) is 90.0 cm³/mol. The smallest absolute Gasteiger partial charge is 0.132 e. The number of anilines is 1. The van der Waals surface area contributed by atoms with Crippen LogP contribution < -0.4 is 15.0 Å². The number of rotatable bonds is 3. The third kappa shape index (κ3) is 3.22. The molecule has 2 heterocycles. The topological polar surface area (TPSA) is 37.4 Å². The van der Waals surface area contributed by atoms with Gasteiger partial charge in [-0.05, 0) is 30.2 Å². The molecule has 1 saturated heterocycles. The Morgan fingerprint density at radius 1 is 1.24 bits per heavy atom. The average molecular weight is 308 g/mol. The second-order valence-electron chi connectivity index (χ2n) is 5.12. The number of hydrogen-bond acceptors (Lipinski definition) is 4. The van der Waals surface area contributed by atoms with E-state index in [2.05, 4.69) is 29.3 Å². The van der Waals surface area contributed by atoms with Gasteiger partial charge < -0.3 is 15.0 Å². The van der Waals surface area contributed by atoms with Crippen LogP contribution in [-0.2, 0) is 6.42 Å². The Balaban J connectivity index is 0.00000161. The van der Waals surface area contributed by atoms with Gasteiger partial charge in [0.1, 0.15) is 11.6 Å². The molecule has 0 bridgehead atoms. The van der Waals surface area contributed by atoms with Gasteiger partial charge in [-0.15, -0.1) is 12.4 Å². The Bertz CT molecular complexity index is 612. The van der Waals surface area contributed by atoms with E-state index in [4.69, 9.17) is 9.72 Å². The standard InChI is InChI=1S/C16H21N3O.ClH/c1-3-12-10-13-4-5-14(20-2)11-15(13)18-16(12)19-8-6-17-7-9-19;/h4-5,10-11,17H,3,6-9H2,1-2H3;1H. The number of ether oxygens (including phenoxy) is 1. The number of aryl methyl sites for hydroxylation is 1. The summed E-state index contributed by atoms with van der Waals surface area (Å²) in [6, 6.07) is 8.36. The van der Waals surface area contributed by atoms with Crippen LogP contribution in [0.4, 0.5) is 5.82 Å². The molecule has 0 unspecified atom stereocenters. The Labute approximate surface area is 131 Å². The Hall–Kier alpha value is -1.52. The van der Waals surface area contributed by atoms with Crippen molar-refractivity contribution >= 4 is 29.1 Å². The van der Waals surface area contributed by atoms with Crippen molar-refractivity contribution < 1.29 is 4.74 Å². The SMILES string of the molecule is CCc1cc2ccc(OC)cc2nc1N1CCNCC1.Cl. The lowest BCUT2D eigenvalue weighted by molar-refractivity contribution is 0.415. The molecular weight excluding hydrogens is 286 g/mol. The molecule has 1 aliphatic heterocycles. The highest BCUT2D eigenvalue weighted by Gasteiger charge is 2.16. The summed E-state index contributed by atoms with van der Waals surface area (Å²) in [5.74, 6) is 2.00. The lowest BCUT2D eigenvalue weighted by atomic mass is 10.1. The van der Waals surface area contributed by atoms with Gasteiger partial charge in [0.15, 0.2) is 0 Å². The van der Waals surface area contributed by atoms with Gasteiger partial charge in [0.2, 0.25) is 0 Å². The molecule has 5 heteroatoms. The number of nitrogens with zero attached hydrogens (tertiary/aromatic N) is 2. The summed E-state index contributed by atoms with van der Waals surface area (Å²) in [5.41, 5.74) is 2.33. The molecule has 0 radical (unpaired) electrons. The summed E-state index contributed by atoms with van der Waals surface area (Å²) in [4.78, 5) is 7.28. The second-order valence-corrected chi connectivity index (χ2v) is 5.12. The Kier molecular flexibility index (Phi) is 5.26. The van der Waals surface area contributed by atoms with Gasteiger partial charge >= 0.3 is 0 Å². The summed E-state index contributed by atoms with van der Waals surface area (Å²) in [7, 11) is 1.69. The molecule has 0 spiro atoms. The molecule has 4 nitrogen and oxygen atoms in total. The first-order valence-corrected chi connectivity index (χ1v) is 7.25. The van der Waals surface area contributed by atoms with Crippen LogP contribution in [0.5, 0.6) is 5.75 Å². The van der Waals surface area contributed by atoms with E-state index in [0.717, 1.165) is 49.7 Å². The van der Waals surface area contributed by atoms with E-state index in [-0.39, 0.29) is 12.4 Å². The van der Waals surface area contributed by atoms with Crippen LogP contribution in [0.25, 0.3) is 10.9 Å². The largest absolute Gasteiger partial charge is 0.497 e. The first-order valence-electron chi connectivity index (χ1n) is 7.25. The fourth-order valence-electron chi connectivity index (χ4n) is 2.72. The first kappa shape index (κ1) is 15.9. The molecule has 1 aliphatic rings. The first-order chi connectivity index (χ1) is 9.81. The van der Waals surface area contributed by atoms with Crippen LogP contribution in [0.1, 0.15) is 12.5 Å². The van der Waals surface area contributed by atoms with Crippen LogP contribution in [0, 0.1) is 0 Å². The molecule has 0 atom stereocenters. The Morgan fingerprint density at radius 3 is 2.67 bits per heavy atom. The van der Waals surface area contributed by atoms with E-state index < -0.39 is 0 Å². The van der Waals surface area contributed by atoms with Gasteiger partial charge in [0.05, 0.1) is 12.6 Å². The zero-order valence-electron chi connectivity index (χ0n) is 12.6. The molecule has 1 N–H and O–H groups in total. The maximum Gasteiger partial charge on any atom is 0.132 e. The van der Waals surface area contributed by atoms with Gasteiger partial charge in [-0.25, -0.2) is 4.98 Å². The highest BCUT2D eigenvalue weighted by atomic mass is 35.5. The molecule has 21 heavy (non-hydrogen) atoms. The highest BCUT2D eigenvalue weighted by molar-refractivity contribution is 5.85. The molecule has 0 saturated carbocycles. The highest BCUT2D eigenvalue weighted by Crippen LogP contribution is 2.27. The minimum Gasteiger partial charge on any atom is -0.497 e. The number of halogens is 1. The van der Waals surface area contributed by atoms with E-state index in [1.807, 2.05) is 12.1 Å². The second kappa shape index (κ2) is 6.96. The zero-order valence-corrected chi connectivity index (χ0v) is 13.4. The third-order valence-electron chi connectivity index (χ3n) is 3.88. The molecule has 1 aromatic carbocycles. The molecule has 3 rings (SSSR count). The normalized spacial score (nSPS) is 14.9. The van der Waals surface area contributed by atoms with Gasteiger partial charge in [-0.2, -0.15) is 0 Å². The molecule has 1 fully saturated rings. The maximum atomic E-state index is 5.30. The van der Waals surface area contributed by atoms with Crippen molar-refractivity contribution in [2.75, 3.05) is 38.2 Å². The summed E-state index contributed by atoms with van der Waals surface area (Å²) >= 11 is 0. The summed E-state index contributed by atoms with van der Waals surface area (Å²) < 4.78 is 5.30. The number of aromatic nitrogens is 1. The maximum absolute atomic E-state index is 5.30. The molecule has 114 valence electrons. The van der Waals surface area contributed by atoms with Gasteiger partial charge in [0, 0.05) is 37.6 Å². The van der Waals surface area contributed by atoms with E-state index >= 15 is 0 Å². The predicted octanol–water partition coefficient (Wildman–Crippen LogP) is 2.64. The molecule has 0 amide bonds. The molecule has 2 aromatic rings. The van der Waals surface area contributed by atoms with E-state index in [0.29, 0.717) is 0 Å². The fraction of sp³-hybridized carbons (Fsp3) is 0.438. The Morgan fingerprint density at radius 2 is 2.00 bits per heavy atom. The van der Waals surface area contributed by atoms with Crippen LogP contribution in [0.3, 0.4) is 0 Å². The van der Waals surface area contributed by atoms with Crippen molar-refractivity contribution in [3.63, 3.8) is 0 Å². The van der Waals surface area contributed by atoms with Crippen molar-refractivity contribution in [1.82, 2.24) is 10.3 Å². The monoisotopic (exact) mass is 307 g/mol. The van der Waals surface area contributed by atoms with Gasteiger partial charge in [-0.3, -0.25) is 0 Å². The summed E-state index contributed by atoms with van der Waals surface area (Å²) in [5, 5.41) is 4.57. The van der Waals surface area contributed by atoms with Crippen LogP contribution in [-0.4, -0.2) is 38.3 Å². The van der Waals surface area contributed by atoms with Gasteiger partial charge in [0.25, 0.3) is 0 Å². The summed E-state index contributed by atoms with van der Waals surface area (Å²) in [6.07, 6.45) is 1.01. The zero-order chi connectivity index (χ0) is 13.9. The molecule has 0 aliphatic carbocycles. The van der Waals surface area contributed by atoms with Crippen molar-refractivity contribution in [3.05, 3.63) is 29.8 Å². The average Bonchev–Trinajstić information content (AvgIpc) is 2.53. The number of nitrogens with one attached hydrogen (secondary N) is 1. The quantitative estimate of drug-likeness (QED) is 0.946. The molecule has 1 aromatic heterocycles. The molecular formula is C16H22ClN3O. The lowest BCUT2D eigenvalue weighted by Gasteiger charge is -2.30. The van der Waals surface area contributed by atoms with Crippen molar-refractivity contribution in [2.24, 2.45) is 0 Å². The lowest BCUT2D eigenvalue weighted by Crippen LogP contribution is -2.44. The fourth-order valence-corrected chi connectivity index (χ4v) is 2.72. The van der Waals surface area contributed by atoms with Crippen LogP contribution >= 0.6 is 12.4 Å². The number of benzene rings is 1. The number of fused-ring (bicyclic) bond motifs is 1. The van der Waals surface area contributed by atoms with Crippen molar-refractivity contribution in [2.45, 2.75) is 13.3 Å². The number of pyridine rings is 1. The third-order valence-corrected chi connectivity index (χ3v) is 3.88. The van der Waals surface area contributed by atoms with Crippen LogP contribution in [0.2, 0.25) is 0 Å². The summed E-state index contributed by atoms with van der Waals surface area (Å²) in [6.45, 7) is 6.30. The van der Waals surface area contributed by atoms with E-state index in [1.165, 1.54) is 10.9 Å². The van der Waals surface area contributed by atoms with E-state index in [1.54, 1.807) is 7.11 Å². The van der Waals surface area contributed by atoms with E-state index in [9.17, 15) is 0 Å².